The van der Waals surface area contributed by atoms with Gasteiger partial charge in [-0.2, -0.15) is 0 Å². The maximum absolute atomic E-state index is 12.4. The second-order valence-corrected chi connectivity index (χ2v) is 12.1. The van der Waals surface area contributed by atoms with Crippen molar-refractivity contribution in [1.82, 2.24) is 10.3 Å². The van der Waals surface area contributed by atoms with Crippen molar-refractivity contribution in [3.8, 4) is 11.1 Å². The van der Waals surface area contributed by atoms with Gasteiger partial charge in [0.15, 0.2) is 12.4 Å². The van der Waals surface area contributed by atoms with Gasteiger partial charge in [-0.25, -0.2) is 4.98 Å². The second-order valence-electron chi connectivity index (χ2n) is 11.0. The van der Waals surface area contributed by atoms with Gasteiger partial charge in [0, 0.05) is 36.9 Å². The lowest BCUT2D eigenvalue weighted by atomic mass is 9.91. The highest BCUT2D eigenvalue weighted by molar-refractivity contribution is 7.99. The fourth-order valence-electron chi connectivity index (χ4n) is 5.31. The minimum Gasteiger partial charge on any atom is -0.453 e. The number of thioether (sulfide) groups is 1. The Bertz CT molecular complexity index is 1560. The van der Waals surface area contributed by atoms with Crippen LogP contribution in [0.2, 0.25) is 0 Å². The van der Waals surface area contributed by atoms with Crippen LogP contribution in [0.25, 0.3) is 11.1 Å². The van der Waals surface area contributed by atoms with E-state index in [9.17, 15) is 14.7 Å². The molecule has 2 heterocycles. The first kappa shape index (κ1) is 32.4. The third-order valence-corrected chi connectivity index (χ3v) is 8.87. The van der Waals surface area contributed by atoms with Gasteiger partial charge in [-0.3, -0.25) is 9.59 Å². The van der Waals surface area contributed by atoms with E-state index in [1.54, 1.807) is 24.9 Å². The second kappa shape index (κ2) is 15.3. The average Bonchev–Trinajstić information content (AvgIpc) is 3.07. The maximum Gasteiger partial charge on any atom is 0.303 e. The van der Waals surface area contributed by atoms with Crippen molar-refractivity contribution in [2.24, 2.45) is 5.92 Å². The van der Waals surface area contributed by atoms with Gasteiger partial charge in [-0.15, -0.1) is 11.8 Å². The topological polar surface area (TPSA) is 107 Å². The van der Waals surface area contributed by atoms with Gasteiger partial charge in [0.1, 0.15) is 0 Å². The molecule has 0 bridgehead atoms. The van der Waals surface area contributed by atoms with Crippen LogP contribution in [0.15, 0.2) is 102 Å². The summed E-state index contributed by atoms with van der Waals surface area (Å²) in [6.45, 7) is 5.26. The molecule has 1 fully saturated rings. The summed E-state index contributed by atoms with van der Waals surface area (Å²) in [4.78, 5) is 28.1. The van der Waals surface area contributed by atoms with Crippen LogP contribution in [0.5, 0.6) is 0 Å². The molecule has 8 nitrogen and oxygen atoms in total. The van der Waals surface area contributed by atoms with E-state index in [1.807, 2.05) is 91.0 Å². The average molecular weight is 627 g/mol. The lowest BCUT2D eigenvalue weighted by molar-refractivity contribution is -0.268. The number of pyridine rings is 1. The van der Waals surface area contributed by atoms with Crippen LogP contribution in [-0.2, 0) is 37.0 Å². The largest absolute Gasteiger partial charge is 0.453 e. The number of ether oxygens (including phenoxy) is 3. The first-order chi connectivity index (χ1) is 21.8. The van der Waals surface area contributed by atoms with Crippen molar-refractivity contribution in [2.75, 3.05) is 5.75 Å². The Balaban J connectivity index is 1.34. The number of carbonyl (C=O) groups excluding carboxylic acids is 2. The Hall–Kier alpha value is -4.02. The van der Waals surface area contributed by atoms with Crippen molar-refractivity contribution in [3.63, 3.8) is 0 Å². The summed E-state index contributed by atoms with van der Waals surface area (Å²) in [5, 5.41) is 13.3. The number of hydrogen-bond acceptors (Lipinski definition) is 8. The molecule has 4 aromatic rings. The molecule has 5 atom stereocenters. The van der Waals surface area contributed by atoms with Crippen LogP contribution in [0, 0.1) is 5.92 Å². The number of nitrogens with one attached hydrogen (secondary N) is 1. The Morgan fingerprint density at radius 1 is 0.956 bits per heavy atom. The molecule has 5 rings (SSSR count). The van der Waals surface area contributed by atoms with Crippen LogP contribution in [0.3, 0.4) is 0 Å². The Kier molecular flexibility index (Phi) is 11.0. The number of benzene rings is 3. The van der Waals surface area contributed by atoms with E-state index >= 15 is 0 Å². The molecule has 0 unspecified atom stereocenters. The minimum absolute atomic E-state index is 0.00825. The van der Waals surface area contributed by atoms with E-state index in [1.165, 1.54) is 6.92 Å². The molecule has 1 aliphatic rings. The van der Waals surface area contributed by atoms with Crippen LogP contribution in [0.1, 0.15) is 55.4 Å². The quantitative estimate of drug-likeness (QED) is 0.146. The van der Waals surface area contributed by atoms with Gasteiger partial charge in [-0.05, 0) is 46.9 Å². The first-order valence-electron chi connectivity index (χ1n) is 15.0. The normalized spacial score (nSPS) is 20.3. The summed E-state index contributed by atoms with van der Waals surface area (Å²) in [6, 6.07) is 29.7. The molecular weight excluding hydrogens is 588 g/mol. The van der Waals surface area contributed by atoms with E-state index < -0.39 is 18.4 Å². The minimum atomic E-state index is -0.866. The third-order valence-electron chi connectivity index (χ3n) is 7.83. The molecule has 234 valence electrons. The molecule has 1 aliphatic heterocycles. The predicted octanol–water partition coefficient (Wildman–Crippen LogP) is 6.39. The lowest BCUT2D eigenvalue weighted by Crippen LogP contribution is -2.38. The predicted molar refractivity (Wildman–Crippen MR) is 173 cm³/mol. The van der Waals surface area contributed by atoms with Crippen molar-refractivity contribution < 1.29 is 28.9 Å². The number of esters is 1. The van der Waals surface area contributed by atoms with Crippen molar-refractivity contribution in [3.05, 3.63) is 119 Å². The number of nitrogens with zero attached hydrogens (tertiary/aromatic N) is 1. The molecule has 0 saturated carbocycles. The molecule has 1 amide bonds. The van der Waals surface area contributed by atoms with Crippen LogP contribution < -0.4 is 5.32 Å². The zero-order valence-electron chi connectivity index (χ0n) is 25.6. The highest BCUT2D eigenvalue weighted by Crippen LogP contribution is 2.43. The SMILES string of the molecule is CC(=O)O[C@@H](C)C(=O)NCc1ccccc1-c1ccc([C@H]2O[C@@H](CSc3ccccn3)[C@@H](C)[C@@H](c3ccc(CO)cc3)O2)cc1. The number of carbonyl (C=O) groups is 2. The zero-order chi connectivity index (χ0) is 31.8. The van der Waals surface area contributed by atoms with Crippen molar-refractivity contribution >= 4 is 23.6 Å². The summed E-state index contributed by atoms with van der Waals surface area (Å²) in [7, 11) is 0. The number of amides is 1. The molecule has 1 aromatic heterocycles. The molecule has 1 saturated heterocycles. The Morgan fingerprint density at radius 3 is 2.36 bits per heavy atom. The Morgan fingerprint density at radius 2 is 1.67 bits per heavy atom. The molecule has 45 heavy (non-hydrogen) atoms. The van der Waals surface area contributed by atoms with Crippen LogP contribution >= 0.6 is 11.8 Å². The number of rotatable bonds is 11. The lowest BCUT2D eigenvalue weighted by Gasteiger charge is -2.41. The molecule has 9 heteroatoms. The standard InChI is InChI=1S/C36H38N2O6S/c1-23-32(22-45-33-10-6-7-19-37-33)43-36(44-34(23)28-13-11-26(21-39)12-14-28)29-17-15-27(16-18-29)31-9-5-4-8-30(31)20-38-35(41)24(2)42-25(3)40/h4-19,23-24,32,34,36,39H,20-22H2,1-3H3,(H,38,41)/t23-,24+,32+,34+,36+/m1/s1. The fraction of sp³-hybridized carbons (Fsp3) is 0.306. The number of aromatic nitrogens is 1. The van der Waals surface area contributed by atoms with Gasteiger partial charge in [-0.1, -0.05) is 85.8 Å². The van der Waals surface area contributed by atoms with E-state index in [2.05, 4.69) is 17.2 Å². The van der Waals surface area contributed by atoms with Crippen LogP contribution in [-0.4, -0.2) is 39.9 Å². The van der Waals surface area contributed by atoms with Gasteiger partial charge in [0.2, 0.25) is 0 Å². The molecular formula is C36H38N2O6S. The molecule has 0 spiro atoms. The third kappa shape index (κ3) is 8.38. The summed E-state index contributed by atoms with van der Waals surface area (Å²) in [6.07, 6.45) is 0.0438. The number of hydrogen-bond donors (Lipinski definition) is 2. The smallest absolute Gasteiger partial charge is 0.303 e. The van der Waals surface area contributed by atoms with Crippen molar-refractivity contribution in [1.29, 1.82) is 0 Å². The molecule has 0 radical (unpaired) electrons. The summed E-state index contributed by atoms with van der Waals surface area (Å²) >= 11 is 1.66. The summed E-state index contributed by atoms with van der Waals surface area (Å²) < 4.78 is 18.2. The summed E-state index contributed by atoms with van der Waals surface area (Å²) in [5.74, 6) is -0.0613. The monoisotopic (exact) mass is 626 g/mol. The Labute approximate surface area is 268 Å². The molecule has 0 aliphatic carbocycles. The highest BCUT2D eigenvalue weighted by Gasteiger charge is 2.38. The summed E-state index contributed by atoms with van der Waals surface area (Å²) in [5.41, 5.74) is 5.69. The highest BCUT2D eigenvalue weighted by atomic mass is 32.2. The molecule has 3 aromatic carbocycles. The maximum atomic E-state index is 12.4. The van der Waals surface area contributed by atoms with Gasteiger partial charge in [0.05, 0.1) is 23.8 Å². The first-order valence-corrected chi connectivity index (χ1v) is 16.0. The molecule has 2 N–H and O–H groups in total. The zero-order valence-corrected chi connectivity index (χ0v) is 26.4. The van der Waals surface area contributed by atoms with E-state index in [-0.39, 0.29) is 30.6 Å². The van der Waals surface area contributed by atoms with Gasteiger partial charge < -0.3 is 24.6 Å². The van der Waals surface area contributed by atoms with E-state index in [0.29, 0.717) is 6.54 Å². The van der Waals surface area contributed by atoms with Gasteiger partial charge in [0.25, 0.3) is 5.91 Å². The number of aliphatic hydroxyl groups excluding tert-OH is 1. The van der Waals surface area contributed by atoms with E-state index in [4.69, 9.17) is 14.2 Å². The fourth-order valence-corrected chi connectivity index (χ4v) is 6.34. The van der Waals surface area contributed by atoms with Crippen molar-refractivity contribution in [2.45, 2.75) is 63.6 Å². The van der Waals surface area contributed by atoms with E-state index in [0.717, 1.165) is 44.2 Å². The number of aliphatic hydroxyl groups is 1. The van der Waals surface area contributed by atoms with Crippen LogP contribution in [0.4, 0.5) is 0 Å². The van der Waals surface area contributed by atoms with Gasteiger partial charge >= 0.3 is 5.97 Å².